The number of amides is 1. The standard InChI is InChI=1S/C14H19N3O/c1-11(8-9-15)17(2)14(18)13(10-16)12-6-4-3-5-7-12/h3-7,11,13H,8,10,16H2,1-2H3. The summed E-state index contributed by atoms with van der Waals surface area (Å²) in [4.78, 5) is 13.9. The number of nitrogens with zero attached hydrogens (tertiary/aromatic N) is 2. The number of carbonyl (C=O) groups excluding carboxylic acids is 1. The molecule has 4 nitrogen and oxygen atoms in total. The molecule has 1 aromatic carbocycles. The summed E-state index contributed by atoms with van der Waals surface area (Å²) in [7, 11) is 1.72. The van der Waals surface area contributed by atoms with E-state index >= 15 is 0 Å². The van der Waals surface area contributed by atoms with Crippen LogP contribution in [0.3, 0.4) is 0 Å². The Morgan fingerprint density at radius 3 is 2.56 bits per heavy atom. The fourth-order valence-corrected chi connectivity index (χ4v) is 1.80. The van der Waals surface area contributed by atoms with Crippen molar-refractivity contribution in [2.45, 2.75) is 25.3 Å². The van der Waals surface area contributed by atoms with Crippen molar-refractivity contribution >= 4 is 5.91 Å². The molecule has 2 atom stereocenters. The van der Waals surface area contributed by atoms with Crippen LogP contribution in [0.4, 0.5) is 0 Å². The molecule has 96 valence electrons. The normalized spacial score (nSPS) is 13.4. The summed E-state index contributed by atoms with van der Waals surface area (Å²) in [5, 5.41) is 8.67. The van der Waals surface area contributed by atoms with Crippen LogP contribution in [-0.2, 0) is 4.79 Å². The van der Waals surface area contributed by atoms with Crippen molar-refractivity contribution in [3.8, 4) is 6.07 Å². The number of benzene rings is 1. The average molecular weight is 245 g/mol. The maximum Gasteiger partial charge on any atom is 0.231 e. The zero-order valence-corrected chi connectivity index (χ0v) is 10.8. The quantitative estimate of drug-likeness (QED) is 0.854. The molecular formula is C14H19N3O. The highest BCUT2D eigenvalue weighted by molar-refractivity contribution is 5.84. The van der Waals surface area contributed by atoms with E-state index in [4.69, 9.17) is 11.0 Å². The van der Waals surface area contributed by atoms with Crippen molar-refractivity contribution in [2.24, 2.45) is 5.73 Å². The third kappa shape index (κ3) is 3.31. The molecule has 0 aliphatic rings. The van der Waals surface area contributed by atoms with Crippen molar-refractivity contribution in [3.05, 3.63) is 35.9 Å². The molecule has 18 heavy (non-hydrogen) atoms. The zero-order valence-electron chi connectivity index (χ0n) is 10.8. The summed E-state index contributed by atoms with van der Waals surface area (Å²) in [5.74, 6) is -0.371. The Morgan fingerprint density at radius 1 is 1.44 bits per heavy atom. The molecule has 0 aromatic heterocycles. The first kappa shape index (κ1) is 14.2. The van der Waals surface area contributed by atoms with Gasteiger partial charge in [-0.05, 0) is 12.5 Å². The summed E-state index contributed by atoms with van der Waals surface area (Å²) in [5.41, 5.74) is 6.62. The number of likely N-dealkylation sites (N-methyl/N-ethyl adjacent to an activating group) is 1. The first-order valence-corrected chi connectivity index (χ1v) is 6.00. The molecule has 0 saturated heterocycles. The molecule has 1 amide bonds. The highest BCUT2D eigenvalue weighted by atomic mass is 16.2. The van der Waals surface area contributed by atoms with E-state index in [-0.39, 0.29) is 24.4 Å². The minimum Gasteiger partial charge on any atom is -0.341 e. The molecule has 0 heterocycles. The fourth-order valence-electron chi connectivity index (χ4n) is 1.80. The molecule has 0 spiro atoms. The zero-order chi connectivity index (χ0) is 13.5. The molecule has 0 aliphatic carbocycles. The van der Waals surface area contributed by atoms with E-state index in [2.05, 4.69) is 6.07 Å². The van der Waals surface area contributed by atoms with Gasteiger partial charge in [0.2, 0.25) is 5.91 Å². The molecule has 1 rings (SSSR count). The van der Waals surface area contributed by atoms with Crippen LogP contribution < -0.4 is 5.73 Å². The molecule has 0 saturated carbocycles. The molecule has 0 bridgehead atoms. The second kappa shape index (κ2) is 6.77. The topological polar surface area (TPSA) is 70.1 Å². The summed E-state index contributed by atoms with van der Waals surface area (Å²) in [6.45, 7) is 2.13. The summed E-state index contributed by atoms with van der Waals surface area (Å²) in [6, 6.07) is 11.5. The molecule has 0 fully saturated rings. The van der Waals surface area contributed by atoms with Gasteiger partial charge in [0.25, 0.3) is 0 Å². The van der Waals surface area contributed by atoms with Crippen molar-refractivity contribution in [3.63, 3.8) is 0 Å². The number of hydrogen-bond donors (Lipinski definition) is 1. The third-order valence-corrected chi connectivity index (χ3v) is 3.13. The second-order valence-electron chi connectivity index (χ2n) is 4.36. The van der Waals surface area contributed by atoms with Crippen molar-refractivity contribution in [1.29, 1.82) is 5.26 Å². The van der Waals surface area contributed by atoms with E-state index in [1.807, 2.05) is 37.3 Å². The largest absolute Gasteiger partial charge is 0.341 e. The van der Waals surface area contributed by atoms with Gasteiger partial charge in [0.15, 0.2) is 0 Å². The highest BCUT2D eigenvalue weighted by Crippen LogP contribution is 2.18. The van der Waals surface area contributed by atoms with Crippen LogP contribution in [0.15, 0.2) is 30.3 Å². The van der Waals surface area contributed by atoms with Crippen LogP contribution in [0.25, 0.3) is 0 Å². The number of nitriles is 1. The lowest BCUT2D eigenvalue weighted by Crippen LogP contribution is -2.40. The lowest BCUT2D eigenvalue weighted by Gasteiger charge is -2.27. The maximum absolute atomic E-state index is 12.3. The molecule has 2 N–H and O–H groups in total. The Morgan fingerprint density at radius 2 is 2.06 bits per heavy atom. The van der Waals surface area contributed by atoms with Crippen LogP contribution in [0, 0.1) is 11.3 Å². The van der Waals surface area contributed by atoms with Gasteiger partial charge in [-0.2, -0.15) is 5.26 Å². The van der Waals surface area contributed by atoms with E-state index < -0.39 is 0 Å². The fraction of sp³-hybridized carbons (Fsp3) is 0.429. The Hall–Kier alpha value is -1.86. The van der Waals surface area contributed by atoms with Crippen molar-refractivity contribution in [1.82, 2.24) is 4.90 Å². The van der Waals surface area contributed by atoms with E-state index in [1.165, 1.54) is 0 Å². The van der Waals surface area contributed by atoms with Crippen molar-refractivity contribution < 1.29 is 4.79 Å². The van der Waals surface area contributed by atoms with Gasteiger partial charge in [-0.3, -0.25) is 4.79 Å². The van der Waals surface area contributed by atoms with Gasteiger partial charge in [-0.15, -0.1) is 0 Å². The third-order valence-electron chi connectivity index (χ3n) is 3.13. The molecule has 4 heteroatoms. The van der Waals surface area contributed by atoms with Gasteiger partial charge < -0.3 is 10.6 Å². The summed E-state index contributed by atoms with van der Waals surface area (Å²) in [6.07, 6.45) is 0.328. The predicted octanol–water partition coefficient (Wildman–Crippen LogP) is 1.49. The molecule has 2 unspecified atom stereocenters. The molecule has 0 radical (unpaired) electrons. The number of carbonyl (C=O) groups is 1. The van der Waals surface area contributed by atoms with Crippen LogP contribution >= 0.6 is 0 Å². The Kier molecular flexibility index (Phi) is 5.34. The highest BCUT2D eigenvalue weighted by Gasteiger charge is 2.25. The second-order valence-corrected chi connectivity index (χ2v) is 4.36. The van der Waals surface area contributed by atoms with Gasteiger partial charge in [0, 0.05) is 19.6 Å². The first-order valence-electron chi connectivity index (χ1n) is 6.00. The predicted molar refractivity (Wildman–Crippen MR) is 70.7 cm³/mol. The van der Waals surface area contributed by atoms with Gasteiger partial charge in [-0.25, -0.2) is 0 Å². The van der Waals surface area contributed by atoms with Gasteiger partial charge in [0.1, 0.15) is 0 Å². The van der Waals surface area contributed by atoms with Gasteiger partial charge >= 0.3 is 0 Å². The lowest BCUT2D eigenvalue weighted by atomic mass is 9.97. The average Bonchev–Trinajstić information content (AvgIpc) is 2.40. The van der Waals surface area contributed by atoms with Crippen LogP contribution in [-0.4, -0.2) is 30.4 Å². The number of nitrogens with two attached hydrogens (primary N) is 1. The van der Waals surface area contributed by atoms with E-state index in [0.717, 1.165) is 5.56 Å². The maximum atomic E-state index is 12.3. The monoisotopic (exact) mass is 245 g/mol. The SMILES string of the molecule is CC(CC#N)N(C)C(=O)C(CN)c1ccccc1. The Labute approximate surface area is 108 Å². The number of rotatable bonds is 5. The van der Waals surface area contributed by atoms with Crippen molar-refractivity contribution in [2.75, 3.05) is 13.6 Å². The number of hydrogen-bond acceptors (Lipinski definition) is 3. The van der Waals surface area contributed by atoms with E-state index in [1.54, 1.807) is 11.9 Å². The first-order chi connectivity index (χ1) is 8.61. The van der Waals surface area contributed by atoms with Gasteiger partial charge in [0.05, 0.1) is 18.4 Å². The summed E-state index contributed by atoms with van der Waals surface area (Å²) < 4.78 is 0. The minimum absolute atomic E-state index is 0.0357. The van der Waals surface area contributed by atoms with E-state index in [9.17, 15) is 4.79 Å². The molecule has 0 aliphatic heterocycles. The van der Waals surface area contributed by atoms with Crippen LogP contribution in [0.1, 0.15) is 24.8 Å². The van der Waals surface area contributed by atoms with Gasteiger partial charge in [-0.1, -0.05) is 30.3 Å². The summed E-state index contributed by atoms with van der Waals surface area (Å²) >= 11 is 0. The Balaban J connectivity index is 2.84. The smallest absolute Gasteiger partial charge is 0.231 e. The molecule has 1 aromatic rings. The van der Waals surface area contributed by atoms with Crippen LogP contribution in [0.5, 0.6) is 0 Å². The Bertz CT molecular complexity index is 424. The van der Waals surface area contributed by atoms with E-state index in [0.29, 0.717) is 6.42 Å². The minimum atomic E-state index is -0.336. The van der Waals surface area contributed by atoms with Crippen LogP contribution in [0.2, 0.25) is 0 Å². The molecular weight excluding hydrogens is 226 g/mol. The lowest BCUT2D eigenvalue weighted by molar-refractivity contribution is -0.133.